The summed E-state index contributed by atoms with van der Waals surface area (Å²) in [5, 5.41) is 3.81. The molecule has 24 heavy (non-hydrogen) atoms. The second-order valence-corrected chi connectivity index (χ2v) is 7.09. The third-order valence-corrected chi connectivity index (χ3v) is 5.10. The van der Waals surface area contributed by atoms with Crippen molar-refractivity contribution in [2.75, 3.05) is 0 Å². The fourth-order valence-corrected chi connectivity index (χ4v) is 3.83. The number of hydrogen-bond acceptors (Lipinski definition) is 2. The largest absolute Gasteiger partial charge is 0.295 e. The highest BCUT2D eigenvalue weighted by molar-refractivity contribution is 7.86. The Morgan fingerprint density at radius 3 is 2.04 bits per heavy atom. The Morgan fingerprint density at radius 1 is 0.667 bits per heavy atom. The first-order valence-corrected chi connectivity index (χ1v) is 8.96. The highest BCUT2D eigenvalue weighted by Crippen LogP contribution is 2.36. The molecule has 0 spiro atoms. The molecule has 0 radical (unpaired) electrons. The van der Waals surface area contributed by atoms with Gasteiger partial charge in [-0.05, 0) is 39.2 Å². The van der Waals surface area contributed by atoms with Crippen molar-refractivity contribution in [1.82, 2.24) is 0 Å². The van der Waals surface area contributed by atoms with Crippen LogP contribution in [0.2, 0.25) is 0 Å². The van der Waals surface area contributed by atoms with E-state index >= 15 is 0 Å². The predicted molar refractivity (Wildman–Crippen MR) is 96.7 cm³/mol. The molecule has 4 aromatic rings. The molecular weight excluding hydrogens is 320 g/mol. The van der Waals surface area contributed by atoms with E-state index in [1.165, 1.54) is 6.07 Å². The highest BCUT2D eigenvalue weighted by Gasteiger charge is 2.19. The van der Waals surface area contributed by atoms with Crippen LogP contribution in [0.25, 0.3) is 32.7 Å². The van der Waals surface area contributed by atoms with Gasteiger partial charge in [0.1, 0.15) is 4.90 Å². The minimum Gasteiger partial charge on any atom is -0.282 e. The fourth-order valence-electron chi connectivity index (χ4n) is 3.11. The fraction of sp³-hybridized carbons (Fsp3) is 0. The summed E-state index contributed by atoms with van der Waals surface area (Å²) in [6.07, 6.45) is 0. The number of fused-ring (bicyclic) bond motifs is 2. The summed E-state index contributed by atoms with van der Waals surface area (Å²) in [5.74, 6) is 0. The Bertz CT molecular complexity index is 1180. The van der Waals surface area contributed by atoms with Crippen LogP contribution in [0.4, 0.5) is 0 Å². The topological polar surface area (TPSA) is 54.4 Å². The zero-order valence-corrected chi connectivity index (χ0v) is 13.5. The van der Waals surface area contributed by atoms with Gasteiger partial charge in [-0.2, -0.15) is 8.42 Å². The predicted octanol–water partition coefficient (Wildman–Crippen LogP) is 4.91. The van der Waals surface area contributed by atoms with Gasteiger partial charge in [-0.15, -0.1) is 0 Å². The quantitative estimate of drug-likeness (QED) is 0.530. The molecule has 0 unspecified atom stereocenters. The van der Waals surface area contributed by atoms with Crippen molar-refractivity contribution in [3.05, 3.63) is 78.9 Å². The lowest BCUT2D eigenvalue weighted by Crippen LogP contribution is -2.01. The van der Waals surface area contributed by atoms with Crippen molar-refractivity contribution >= 4 is 31.7 Å². The van der Waals surface area contributed by atoms with Crippen LogP contribution in [-0.2, 0) is 10.1 Å². The van der Waals surface area contributed by atoms with E-state index < -0.39 is 10.1 Å². The molecule has 4 rings (SSSR count). The van der Waals surface area contributed by atoms with Crippen molar-refractivity contribution in [2.45, 2.75) is 4.90 Å². The lowest BCUT2D eigenvalue weighted by molar-refractivity contribution is 0.483. The van der Waals surface area contributed by atoms with Crippen LogP contribution in [-0.4, -0.2) is 13.0 Å². The maximum absolute atomic E-state index is 11.9. The molecule has 0 aromatic heterocycles. The van der Waals surface area contributed by atoms with Gasteiger partial charge in [-0.3, -0.25) is 4.55 Å². The first-order valence-electron chi connectivity index (χ1n) is 7.52. The first-order chi connectivity index (χ1) is 11.5. The van der Waals surface area contributed by atoms with Gasteiger partial charge < -0.3 is 0 Å². The van der Waals surface area contributed by atoms with Crippen LogP contribution in [0.5, 0.6) is 0 Å². The highest BCUT2D eigenvalue weighted by atomic mass is 32.2. The van der Waals surface area contributed by atoms with Crippen molar-refractivity contribution < 1.29 is 13.0 Å². The molecule has 3 nitrogen and oxygen atoms in total. The first kappa shape index (κ1) is 14.9. The van der Waals surface area contributed by atoms with E-state index in [0.29, 0.717) is 5.56 Å². The smallest absolute Gasteiger partial charge is 0.282 e. The molecule has 0 aliphatic rings. The lowest BCUT2D eigenvalue weighted by atomic mass is 9.96. The third kappa shape index (κ3) is 2.46. The molecule has 1 N–H and O–H groups in total. The molecule has 0 bridgehead atoms. The molecule has 0 atom stereocenters. The standard InChI is InChI=1S/C20H14O3S/c21-24(22,23)19-12-11-15-6-3-4-8-18(15)20(19)17-10-9-14-5-1-2-7-16(14)13-17/h1-13H,(H,21,22,23). The van der Waals surface area contributed by atoms with Crippen molar-refractivity contribution in [3.8, 4) is 11.1 Å². The van der Waals surface area contributed by atoms with E-state index in [4.69, 9.17) is 0 Å². The minimum atomic E-state index is -4.33. The zero-order valence-electron chi connectivity index (χ0n) is 12.7. The second-order valence-electron chi connectivity index (χ2n) is 5.70. The minimum absolute atomic E-state index is 0.0727. The van der Waals surface area contributed by atoms with Crippen LogP contribution in [0, 0.1) is 0 Å². The summed E-state index contributed by atoms with van der Waals surface area (Å²) in [5.41, 5.74) is 1.29. The Labute approximate surface area is 139 Å². The lowest BCUT2D eigenvalue weighted by Gasteiger charge is -2.12. The molecule has 0 aliphatic carbocycles. The zero-order chi connectivity index (χ0) is 16.7. The Morgan fingerprint density at radius 2 is 1.29 bits per heavy atom. The maximum Gasteiger partial charge on any atom is 0.295 e. The van der Waals surface area contributed by atoms with Gasteiger partial charge in [0.05, 0.1) is 0 Å². The van der Waals surface area contributed by atoms with Crippen LogP contribution in [0.15, 0.2) is 83.8 Å². The average Bonchev–Trinajstić information content (AvgIpc) is 2.59. The van der Waals surface area contributed by atoms with Crippen LogP contribution in [0.3, 0.4) is 0 Å². The van der Waals surface area contributed by atoms with Crippen molar-refractivity contribution in [1.29, 1.82) is 0 Å². The molecule has 4 aromatic carbocycles. The molecular formula is C20H14O3S. The van der Waals surface area contributed by atoms with E-state index in [1.54, 1.807) is 6.07 Å². The molecule has 0 amide bonds. The summed E-state index contributed by atoms with van der Waals surface area (Å²) in [4.78, 5) is -0.0727. The molecule has 0 fully saturated rings. The van der Waals surface area contributed by atoms with Crippen LogP contribution < -0.4 is 0 Å². The van der Waals surface area contributed by atoms with Gasteiger partial charge in [0.15, 0.2) is 0 Å². The van der Waals surface area contributed by atoms with Gasteiger partial charge in [0.25, 0.3) is 10.1 Å². The Hall–Kier alpha value is -2.69. The molecule has 0 saturated carbocycles. The maximum atomic E-state index is 11.9. The van der Waals surface area contributed by atoms with Crippen molar-refractivity contribution in [3.63, 3.8) is 0 Å². The SMILES string of the molecule is O=S(=O)(O)c1ccc2ccccc2c1-c1ccc2ccccc2c1. The molecule has 0 saturated heterocycles. The van der Waals surface area contributed by atoms with E-state index in [0.717, 1.165) is 27.1 Å². The van der Waals surface area contributed by atoms with Crippen molar-refractivity contribution in [2.24, 2.45) is 0 Å². The molecule has 4 heteroatoms. The number of rotatable bonds is 2. The monoisotopic (exact) mass is 334 g/mol. The molecule has 0 heterocycles. The third-order valence-electron chi connectivity index (χ3n) is 4.21. The summed E-state index contributed by atoms with van der Waals surface area (Å²) < 4.78 is 33.5. The molecule has 0 aliphatic heterocycles. The van der Waals surface area contributed by atoms with E-state index in [-0.39, 0.29) is 4.90 Å². The van der Waals surface area contributed by atoms with Gasteiger partial charge in [-0.25, -0.2) is 0 Å². The molecule has 118 valence electrons. The van der Waals surface area contributed by atoms with Gasteiger partial charge in [0, 0.05) is 5.56 Å². The summed E-state index contributed by atoms with van der Waals surface area (Å²) in [7, 11) is -4.33. The van der Waals surface area contributed by atoms with E-state index in [1.807, 2.05) is 66.7 Å². The Balaban J connectivity index is 2.13. The number of benzene rings is 4. The summed E-state index contributed by atoms with van der Waals surface area (Å²) in [6, 6.07) is 24.4. The second kappa shape index (κ2) is 5.44. The summed E-state index contributed by atoms with van der Waals surface area (Å²) in [6.45, 7) is 0. The van der Waals surface area contributed by atoms with E-state index in [9.17, 15) is 13.0 Å². The van der Waals surface area contributed by atoms with Gasteiger partial charge in [-0.1, -0.05) is 66.7 Å². The Kier molecular flexibility index (Phi) is 3.37. The van der Waals surface area contributed by atoms with E-state index in [2.05, 4.69) is 0 Å². The normalized spacial score (nSPS) is 11.9. The average molecular weight is 334 g/mol. The van der Waals surface area contributed by atoms with Crippen LogP contribution >= 0.6 is 0 Å². The van der Waals surface area contributed by atoms with Crippen LogP contribution in [0.1, 0.15) is 0 Å². The van der Waals surface area contributed by atoms with Gasteiger partial charge in [0.2, 0.25) is 0 Å². The summed E-state index contributed by atoms with van der Waals surface area (Å²) >= 11 is 0. The number of hydrogen-bond donors (Lipinski definition) is 1. The van der Waals surface area contributed by atoms with Gasteiger partial charge >= 0.3 is 0 Å².